The van der Waals surface area contributed by atoms with Gasteiger partial charge in [-0.3, -0.25) is 9.59 Å². The quantitative estimate of drug-likeness (QED) is 0.343. The summed E-state index contributed by atoms with van der Waals surface area (Å²) in [6.45, 7) is 11.4. The van der Waals surface area contributed by atoms with E-state index in [1.807, 2.05) is 37.4 Å². The second kappa shape index (κ2) is 10.6. The van der Waals surface area contributed by atoms with E-state index in [4.69, 9.17) is 4.74 Å². The number of rotatable bonds is 6. The highest BCUT2D eigenvalue weighted by atomic mass is 32.1. The Kier molecular flexibility index (Phi) is 7.66. The molecule has 0 saturated carbocycles. The summed E-state index contributed by atoms with van der Waals surface area (Å²) in [6.07, 6.45) is 2.58. The van der Waals surface area contributed by atoms with Crippen LogP contribution in [0.2, 0.25) is 0 Å². The number of hydrogen-bond acceptors (Lipinski definition) is 6. The van der Waals surface area contributed by atoms with Crippen LogP contribution in [0.1, 0.15) is 84.7 Å². The van der Waals surface area contributed by atoms with Crippen LogP contribution in [0.3, 0.4) is 0 Å². The molecular formula is C28H32N2O4S2. The Morgan fingerprint density at radius 1 is 1.08 bits per heavy atom. The third-order valence-electron chi connectivity index (χ3n) is 6.40. The first-order valence-corrected chi connectivity index (χ1v) is 13.9. The number of carbonyl (C=O) groups is 3. The van der Waals surface area contributed by atoms with E-state index >= 15 is 0 Å². The Morgan fingerprint density at radius 2 is 1.83 bits per heavy atom. The van der Waals surface area contributed by atoms with Gasteiger partial charge in [0.1, 0.15) is 5.00 Å². The predicted molar refractivity (Wildman–Crippen MR) is 147 cm³/mol. The first-order chi connectivity index (χ1) is 17.0. The lowest BCUT2D eigenvalue weighted by molar-refractivity contribution is 0.0379. The van der Waals surface area contributed by atoms with Crippen LogP contribution in [0.5, 0.6) is 0 Å². The van der Waals surface area contributed by atoms with Crippen LogP contribution in [0.4, 0.5) is 10.7 Å². The van der Waals surface area contributed by atoms with Gasteiger partial charge in [-0.05, 0) is 82.6 Å². The van der Waals surface area contributed by atoms with E-state index in [2.05, 4.69) is 17.6 Å². The molecule has 1 aliphatic rings. The van der Waals surface area contributed by atoms with E-state index in [0.29, 0.717) is 32.6 Å². The molecule has 2 heterocycles. The lowest BCUT2D eigenvalue weighted by atomic mass is 9.88. The Hall–Kier alpha value is -2.97. The minimum atomic E-state index is -0.555. The molecule has 1 aromatic carbocycles. The zero-order chi connectivity index (χ0) is 26.1. The Labute approximate surface area is 220 Å². The van der Waals surface area contributed by atoms with E-state index in [9.17, 15) is 14.4 Å². The van der Waals surface area contributed by atoms with Gasteiger partial charge in [0.15, 0.2) is 0 Å². The smallest absolute Gasteiger partial charge is 0.341 e. The van der Waals surface area contributed by atoms with Crippen molar-refractivity contribution in [2.45, 2.75) is 66.9 Å². The number of carbonyl (C=O) groups excluding carboxylic acids is 3. The van der Waals surface area contributed by atoms with Gasteiger partial charge in [0, 0.05) is 15.9 Å². The van der Waals surface area contributed by atoms with E-state index in [1.165, 1.54) is 4.88 Å². The van der Waals surface area contributed by atoms with Crippen molar-refractivity contribution in [3.05, 3.63) is 66.7 Å². The Balaban J connectivity index is 1.66. The lowest BCUT2D eigenvalue weighted by Gasteiger charge is -2.18. The SMILES string of the molecule is Cc1ccc(NC(=O)c2sc(NC(=O)c3csc4c3CC[C@H](C)C4)c(C(=O)OC(C)C)c2C)c(C)c1. The number of aryl methyl sites for hydroxylation is 2. The molecule has 6 nitrogen and oxygen atoms in total. The normalized spacial score (nSPS) is 14.9. The fraction of sp³-hybridized carbons (Fsp3) is 0.393. The Bertz CT molecular complexity index is 1340. The largest absolute Gasteiger partial charge is 0.459 e. The number of anilines is 2. The van der Waals surface area contributed by atoms with Crippen molar-refractivity contribution in [1.29, 1.82) is 0 Å². The maximum absolute atomic E-state index is 13.3. The molecule has 3 aromatic rings. The third-order valence-corrected chi connectivity index (χ3v) is 8.66. The Morgan fingerprint density at radius 3 is 2.53 bits per heavy atom. The second-order valence-corrected chi connectivity index (χ2v) is 11.8. The van der Waals surface area contributed by atoms with Crippen molar-refractivity contribution >= 4 is 51.1 Å². The molecule has 0 saturated heterocycles. The molecule has 2 N–H and O–H groups in total. The molecule has 0 aliphatic heterocycles. The van der Waals surface area contributed by atoms with Gasteiger partial charge in [-0.15, -0.1) is 22.7 Å². The van der Waals surface area contributed by atoms with Crippen LogP contribution in [0.25, 0.3) is 0 Å². The molecule has 0 bridgehead atoms. The topological polar surface area (TPSA) is 84.5 Å². The van der Waals surface area contributed by atoms with Crippen molar-refractivity contribution in [3.63, 3.8) is 0 Å². The second-order valence-electron chi connectivity index (χ2n) is 9.84. The first kappa shape index (κ1) is 26.1. The number of esters is 1. The summed E-state index contributed by atoms with van der Waals surface area (Å²) < 4.78 is 5.46. The predicted octanol–water partition coefficient (Wildman–Crippen LogP) is 6.93. The summed E-state index contributed by atoms with van der Waals surface area (Å²) in [5.41, 5.74) is 5.22. The van der Waals surface area contributed by atoms with Crippen molar-refractivity contribution in [3.8, 4) is 0 Å². The zero-order valence-corrected chi connectivity index (χ0v) is 23.2. The minimum Gasteiger partial charge on any atom is -0.459 e. The highest BCUT2D eigenvalue weighted by molar-refractivity contribution is 7.19. The summed E-state index contributed by atoms with van der Waals surface area (Å²) in [4.78, 5) is 41.2. The van der Waals surface area contributed by atoms with Gasteiger partial charge >= 0.3 is 5.97 Å². The highest BCUT2D eigenvalue weighted by Crippen LogP contribution is 2.37. The number of hydrogen-bond donors (Lipinski definition) is 2. The van der Waals surface area contributed by atoms with Gasteiger partial charge in [0.25, 0.3) is 11.8 Å². The van der Waals surface area contributed by atoms with Crippen LogP contribution >= 0.6 is 22.7 Å². The monoisotopic (exact) mass is 524 g/mol. The standard InChI is InChI=1S/C28H32N2O4S2/c1-14(2)34-28(33)23-18(6)24(26(32)29-21-10-8-15(3)11-17(21)5)36-27(23)30-25(31)20-13-35-22-12-16(4)7-9-19(20)22/h8,10-11,13-14,16H,7,9,12H2,1-6H3,(H,29,32)(H,30,31)/t16-/m0/s1. The summed E-state index contributed by atoms with van der Waals surface area (Å²) in [5, 5.41) is 8.11. The van der Waals surface area contributed by atoms with Crippen molar-refractivity contribution < 1.29 is 19.1 Å². The van der Waals surface area contributed by atoms with Crippen LogP contribution in [0.15, 0.2) is 23.6 Å². The van der Waals surface area contributed by atoms with E-state index in [0.717, 1.165) is 47.3 Å². The molecule has 0 unspecified atom stereocenters. The van der Waals surface area contributed by atoms with E-state index in [-0.39, 0.29) is 23.5 Å². The molecule has 36 heavy (non-hydrogen) atoms. The van der Waals surface area contributed by atoms with Gasteiger partial charge in [0.05, 0.1) is 22.1 Å². The maximum atomic E-state index is 13.3. The number of benzene rings is 1. The molecule has 0 spiro atoms. The average molecular weight is 525 g/mol. The molecule has 0 fully saturated rings. The van der Waals surface area contributed by atoms with Crippen LogP contribution in [-0.2, 0) is 17.6 Å². The first-order valence-electron chi connectivity index (χ1n) is 12.2. The minimum absolute atomic E-state index is 0.227. The van der Waals surface area contributed by atoms with Crippen molar-refractivity contribution in [1.82, 2.24) is 0 Å². The van der Waals surface area contributed by atoms with Crippen molar-refractivity contribution in [2.75, 3.05) is 10.6 Å². The van der Waals surface area contributed by atoms with Crippen LogP contribution in [0, 0.1) is 26.7 Å². The molecule has 4 rings (SSSR count). The van der Waals surface area contributed by atoms with E-state index in [1.54, 1.807) is 32.1 Å². The molecule has 0 radical (unpaired) electrons. The number of fused-ring (bicyclic) bond motifs is 1. The number of amides is 2. The van der Waals surface area contributed by atoms with Crippen molar-refractivity contribution in [2.24, 2.45) is 5.92 Å². The molecule has 8 heteroatoms. The van der Waals surface area contributed by atoms with Gasteiger partial charge in [-0.2, -0.15) is 0 Å². The van der Waals surface area contributed by atoms with E-state index < -0.39 is 5.97 Å². The lowest BCUT2D eigenvalue weighted by Crippen LogP contribution is -2.18. The number of ether oxygens (including phenoxy) is 1. The fourth-order valence-electron chi connectivity index (χ4n) is 4.51. The van der Waals surface area contributed by atoms with Gasteiger partial charge in [0.2, 0.25) is 0 Å². The van der Waals surface area contributed by atoms with Crippen LogP contribution < -0.4 is 10.6 Å². The van der Waals surface area contributed by atoms with Gasteiger partial charge in [-0.1, -0.05) is 24.6 Å². The summed E-state index contributed by atoms with van der Waals surface area (Å²) in [7, 11) is 0. The van der Waals surface area contributed by atoms with Crippen LogP contribution in [-0.4, -0.2) is 23.9 Å². The summed E-state index contributed by atoms with van der Waals surface area (Å²) in [6, 6.07) is 5.79. The average Bonchev–Trinajstić information content (AvgIpc) is 3.35. The van der Waals surface area contributed by atoms with Gasteiger partial charge in [-0.25, -0.2) is 4.79 Å². The number of thiophene rings is 2. The molecular weight excluding hydrogens is 492 g/mol. The van der Waals surface area contributed by atoms with Gasteiger partial charge < -0.3 is 15.4 Å². The fourth-order valence-corrected chi connectivity index (χ4v) is 6.84. The molecule has 1 atom stereocenters. The molecule has 1 aliphatic carbocycles. The zero-order valence-electron chi connectivity index (χ0n) is 21.5. The summed E-state index contributed by atoms with van der Waals surface area (Å²) in [5.74, 6) is -0.530. The summed E-state index contributed by atoms with van der Waals surface area (Å²) >= 11 is 2.72. The molecule has 2 aromatic heterocycles. The number of nitrogens with one attached hydrogen (secondary N) is 2. The highest BCUT2D eigenvalue weighted by Gasteiger charge is 2.29. The maximum Gasteiger partial charge on any atom is 0.341 e. The molecule has 2 amide bonds. The molecule has 190 valence electrons. The third kappa shape index (κ3) is 5.39.